The number of anilines is 1. The highest BCUT2D eigenvalue weighted by Gasteiger charge is 2.31. The van der Waals surface area contributed by atoms with Crippen LogP contribution in [-0.2, 0) is 0 Å². The van der Waals surface area contributed by atoms with E-state index >= 15 is 0 Å². The second-order valence-corrected chi connectivity index (χ2v) is 6.03. The molecule has 0 amide bonds. The quantitative estimate of drug-likeness (QED) is 0.752. The molecule has 5 nitrogen and oxygen atoms in total. The molecule has 0 aliphatic carbocycles. The minimum Gasteiger partial charge on any atom is -0.508 e. The summed E-state index contributed by atoms with van der Waals surface area (Å²) >= 11 is 6.10. The first-order chi connectivity index (χ1) is 11.2. The summed E-state index contributed by atoms with van der Waals surface area (Å²) in [5.74, 6) is 0.918. The van der Waals surface area contributed by atoms with Gasteiger partial charge in [0.25, 0.3) is 0 Å². The number of nitrogens with zero attached hydrogens (tertiary/aromatic N) is 3. The van der Waals surface area contributed by atoms with Crippen molar-refractivity contribution >= 4 is 17.5 Å². The van der Waals surface area contributed by atoms with Crippen molar-refractivity contribution in [1.82, 2.24) is 14.8 Å². The molecule has 0 saturated carbocycles. The van der Waals surface area contributed by atoms with Gasteiger partial charge in [0.15, 0.2) is 0 Å². The molecule has 0 radical (unpaired) electrons. The molecular formula is C17H15ClN4O. The van der Waals surface area contributed by atoms with Crippen molar-refractivity contribution in [2.45, 2.75) is 18.5 Å². The number of aromatic hydroxyl groups is 1. The van der Waals surface area contributed by atoms with Crippen LogP contribution in [0.2, 0.25) is 5.02 Å². The van der Waals surface area contributed by atoms with E-state index in [1.54, 1.807) is 24.5 Å². The summed E-state index contributed by atoms with van der Waals surface area (Å²) < 4.78 is 1.88. The zero-order valence-corrected chi connectivity index (χ0v) is 13.0. The highest BCUT2D eigenvalue weighted by molar-refractivity contribution is 6.30. The number of nitrogens with one attached hydrogen (secondary N) is 1. The molecule has 0 unspecified atom stereocenters. The van der Waals surface area contributed by atoms with Gasteiger partial charge in [0.05, 0.1) is 12.1 Å². The lowest BCUT2D eigenvalue weighted by atomic mass is 9.93. The Hall–Kier alpha value is -2.53. The van der Waals surface area contributed by atoms with Crippen LogP contribution in [0.3, 0.4) is 0 Å². The standard InChI is InChI=1S/C17H15ClN4O/c18-12-6-7-16(23)13(8-12)14-9-15(11-4-2-1-3-5-11)22-17(21-14)19-10-20-22/h1-8,10,14-15,23H,9H2,(H,19,20,21)/t14-,15-/m0/s1. The number of rotatable bonds is 2. The SMILES string of the molecule is Oc1ccc(Cl)cc1[C@@H]1C[C@@H](c2ccccc2)n2ncnc2N1. The molecule has 1 aliphatic heterocycles. The summed E-state index contributed by atoms with van der Waals surface area (Å²) in [6.45, 7) is 0. The smallest absolute Gasteiger partial charge is 0.222 e. The Morgan fingerprint density at radius 3 is 2.83 bits per heavy atom. The molecule has 2 aromatic carbocycles. The molecule has 0 fully saturated rings. The highest BCUT2D eigenvalue weighted by atomic mass is 35.5. The fourth-order valence-corrected chi connectivity index (χ4v) is 3.26. The van der Waals surface area contributed by atoms with E-state index in [-0.39, 0.29) is 17.8 Å². The summed E-state index contributed by atoms with van der Waals surface area (Å²) in [5, 5.41) is 18.5. The monoisotopic (exact) mass is 326 g/mol. The Kier molecular flexibility index (Phi) is 3.42. The second kappa shape index (κ2) is 5.59. The fraction of sp³-hybridized carbons (Fsp3) is 0.176. The first-order valence-corrected chi connectivity index (χ1v) is 7.79. The molecule has 1 aliphatic rings. The van der Waals surface area contributed by atoms with Gasteiger partial charge in [0.1, 0.15) is 12.1 Å². The first-order valence-electron chi connectivity index (χ1n) is 7.42. The van der Waals surface area contributed by atoms with Crippen LogP contribution >= 0.6 is 11.6 Å². The van der Waals surface area contributed by atoms with E-state index in [9.17, 15) is 5.11 Å². The van der Waals surface area contributed by atoms with Gasteiger partial charge in [0, 0.05) is 10.6 Å². The van der Waals surface area contributed by atoms with E-state index in [2.05, 4.69) is 27.5 Å². The summed E-state index contributed by atoms with van der Waals surface area (Å²) in [6.07, 6.45) is 2.28. The number of halogens is 1. The van der Waals surface area contributed by atoms with Crippen molar-refractivity contribution in [2.24, 2.45) is 0 Å². The van der Waals surface area contributed by atoms with Gasteiger partial charge in [-0.2, -0.15) is 10.1 Å². The van der Waals surface area contributed by atoms with Crippen molar-refractivity contribution in [3.05, 3.63) is 71.0 Å². The third kappa shape index (κ3) is 2.53. The molecule has 4 rings (SSSR count). The molecule has 6 heteroatoms. The number of hydrogen-bond donors (Lipinski definition) is 2. The number of benzene rings is 2. The maximum absolute atomic E-state index is 10.2. The molecule has 116 valence electrons. The van der Waals surface area contributed by atoms with Gasteiger partial charge in [-0.15, -0.1) is 0 Å². The number of fused-ring (bicyclic) bond motifs is 1. The Bertz CT molecular complexity index is 834. The zero-order valence-electron chi connectivity index (χ0n) is 12.2. The van der Waals surface area contributed by atoms with E-state index in [1.807, 2.05) is 22.9 Å². The van der Waals surface area contributed by atoms with Crippen LogP contribution in [0.5, 0.6) is 5.75 Å². The second-order valence-electron chi connectivity index (χ2n) is 5.59. The maximum Gasteiger partial charge on any atom is 0.222 e. The lowest BCUT2D eigenvalue weighted by molar-refractivity contribution is 0.414. The van der Waals surface area contributed by atoms with Crippen LogP contribution in [0.15, 0.2) is 54.9 Å². The van der Waals surface area contributed by atoms with Crippen molar-refractivity contribution in [3.8, 4) is 5.75 Å². The number of phenols is 1. The molecule has 0 saturated heterocycles. The van der Waals surface area contributed by atoms with Crippen molar-refractivity contribution in [1.29, 1.82) is 0 Å². The van der Waals surface area contributed by atoms with Gasteiger partial charge >= 0.3 is 0 Å². The number of phenolic OH excluding ortho intramolecular Hbond substituents is 1. The molecule has 1 aromatic heterocycles. The van der Waals surface area contributed by atoms with Gasteiger partial charge in [-0.1, -0.05) is 41.9 Å². The summed E-state index contributed by atoms with van der Waals surface area (Å²) in [4.78, 5) is 4.29. The van der Waals surface area contributed by atoms with E-state index in [1.165, 1.54) is 0 Å². The minimum atomic E-state index is -0.0874. The predicted octanol–water partition coefficient (Wildman–Crippen LogP) is 3.78. The van der Waals surface area contributed by atoms with Crippen LogP contribution in [0.4, 0.5) is 5.95 Å². The van der Waals surface area contributed by atoms with Crippen molar-refractivity contribution < 1.29 is 5.11 Å². The third-order valence-corrected chi connectivity index (χ3v) is 4.42. The topological polar surface area (TPSA) is 63.0 Å². The van der Waals surface area contributed by atoms with E-state index < -0.39 is 0 Å². The fourth-order valence-electron chi connectivity index (χ4n) is 3.08. The number of aromatic nitrogens is 3. The summed E-state index contributed by atoms with van der Waals surface area (Å²) in [5.41, 5.74) is 1.93. The minimum absolute atomic E-state index is 0.0540. The Balaban J connectivity index is 1.77. The largest absolute Gasteiger partial charge is 0.508 e. The summed E-state index contributed by atoms with van der Waals surface area (Å²) in [6, 6.07) is 15.2. The molecule has 0 spiro atoms. The molecule has 2 atom stereocenters. The molecule has 2 heterocycles. The van der Waals surface area contributed by atoms with Crippen LogP contribution in [-0.4, -0.2) is 19.9 Å². The Morgan fingerprint density at radius 1 is 1.17 bits per heavy atom. The van der Waals surface area contributed by atoms with E-state index in [0.29, 0.717) is 11.0 Å². The third-order valence-electron chi connectivity index (χ3n) is 4.18. The van der Waals surface area contributed by atoms with Crippen molar-refractivity contribution in [2.75, 3.05) is 5.32 Å². The van der Waals surface area contributed by atoms with Crippen LogP contribution in [0.1, 0.15) is 29.6 Å². The van der Waals surface area contributed by atoms with Gasteiger partial charge in [-0.25, -0.2) is 4.68 Å². The Labute approximate surface area is 138 Å². The molecule has 23 heavy (non-hydrogen) atoms. The molecule has 0 bridgehead atoms. The summed E-state index contributed by atoms with van der Waals surface area (Å²) in [7, 11) is 0. The van der Waals surface area contributed by atoms with Gasteiger partial charge in [-0.3, -0.25) is 0 Å². The van der Waals surface area contributed by atoms with Gasteiger partial charge < -0.3 is 10.4 Å². The van der Waals surface area contributed by atoms with E-state index in [4.69, 9.17) is 11.6 Å². The highest BCUT2D eigenvalue weighted by Crippen LogP contribution is 2.40. The average Bonchev–Trinajstić information content (AvgIpc) is 3.05. The zero-order chi connectivity index (χ0) is 15.8. The Morgan fingerprint density at radius 2 is 2.00 bits per heavy atom. The van der Waals surface area contributed by atoms with Crippen LogP contribution in [0, 0.1) is 0 Å². The number of hydrogen-bond acceptors (Lipinski definition) is 4. The van der Waals surface area contributed by atoms with Crippen LogP contribution < -0.4 is 5.32 Å². The maximum atomic E-state index is 10.2. The molecule has 3 aromatic rings. The predicted molar refractivity (Wildman–Crippen MR) is 88.7 cm³/mol. The average molecular weight is 327 g/mol. The van der Waals surface area contributed by atoms with E-state index in [0.717, 1.165) is 17.5 Å². The molecule has 2 N–H and O–H groups in total. The van der Waals surface area contributed by atoms with Crippen molar-refractivity contribution in [3.63, 3.8) is 0 Å². The lowest BCUT2D eigenvalue weighted by Gasteiger charge is -2.32. The first kappa shape index (κ1) is 14.1. The van der Waals surface area contributed by atoms with Crippen LogP contribution in [0.25, 0.3) is 0 Å². The lowest BCUT2D eigenvalue weighted by Crippen LogP contribution is -2.28. The molecular weight excluding hydrogens is 312 g/mol. The normalized spacial score (nSPS) is 19.9. The van der Waals surface area contributed by atoms with Gasteiger partial charge in [0.2, 0.25) is 5.95 Å². The van der Waals surface area contributed by atoms with Gasteiger partial charge in [-0.05, 0) is 30.2 Å².